The maximum Gasteiger partial charge on any atom is 0.123 e. The molecular formula is C20H16N2O2. The van der Waals surface area contributed by atoms with Gasteiger partial charge in [-0.25, -0.2) is 0 Å². The summed E-state index contributed by atoms with van der Waals surface area (Å²) < 4.78 is 0. The van der Waals surface area contributed by atoms with Gasteiger partial charge in [0.15, 0.2) is 0 Å². The second-order valence-corrected chi connectivity index (χ2v) is 5.89. The summed E-state index contributed by atoms with van der Waals surface area (Å²) in [7, 11) is 0. The van der Waals surface area contributed by atoms with Gasteiger partial charge in [-0.15, -0.1) is 0 Å². The van der Waals surface area contributed by atoms with Crippen molar-refractivity contribution in [2.45, 2.75) is 12.0 Å². The van der Waals surface area contributed by atoms with E-state index in [4.69, 9.17) is 0 Å². The molecule has 24 heavy (non-hydrogen) atoms. The van der Waals surface area contributed by atoms with Crippen LogP contribution in [0, 0.1) is 0 Å². The summed E-state index contributed by atoms with van der Waals surface area (Å²) in [5.41, 5.74) is 3.17. The summed E-state index contributed by atoms with van der Waals surface area (Å²) in [6, 6.07) is 20.8. The molecule has 118 valence electrons. The molecule has 1 unspecified atom stereocenters. The van der Waals surface area contributed by atoms with E-state index in [0.29, 0.717) is 5.71 Å². The fraction of sp³-hybridized carbons (Fsp3) is 0.100. The molecule has 0 fully saturated rings. The van der Waals surface area contributed by atoms with E-state index in [1.165, 1.54) is 0 Å². The van der Waals surface area contributed by atoms with Gasteiger partial charge in [-0.2, -0.15) is 0 Å². The van der Waals surface area contributed by atoms with E-state index in [0.717, 1.165) is 27.9 Å². The van der Waals surface area contributed by atoms with Crippen LogP contribution in [0.2, 0.25) is 0 Å². The van der Waals surface area contributed by atoms with Crippen LogP contribution in [0.5, 0.6) is 0 Å². The molecule has 0 saturated heterocycles. The Hall–Kier alpha value is -2.98. The van der Waals surface area contributed by atoms with E-state index in [2.05, 4.69) is 10.1 Å². The third-order valence-electron chi connectivity index (χ3n) is 4.53. The van der Waals surface area contributed by atoms with Gasteiger partial charge in [-0.05, 0) is 17.2 Å². The number of nitrogens with zero attached hydrogens (tertiary/aromatic N) is 2. The summed E-state index contributed by atoms with van der Waals surface area (Å²) in [5, 5.41) is 24.5. The van der Waals surface area contributed by atoms with Crippen molar-refractivity contribution in [3.8, 4) is 11.3 Å². The van der Waals surface area contributed by atoms with Crippen LogP contribution >= 0.6 is 0 Å². The zero-order valence-electron chi connectivity index (χ0n) is 12.9. The highest BCUT2D eigenvalue weighted by atomic mass is 16.4. The molecule has 4 heteroatoms. The van der Waals surface area contributed by atoms with E-state index < -0.39 is 5.60 Å². The normalized spacial score (nSPS) is 19.0. The van der Waals surface area contributed by atoms with Gasteiger partial charge in [0.1, 0.15) is 5.60 Å². The fourth-order valence-electron chi connectivity index (χ4n) is 3.41. The van der Waals surface area contributed by atoms with E-state index in [9.17, 15) is 10.3 Å². The van der Waals surface area contributed by atoms with Crippen molar-refractivity contribution in [2.24, 2.45) is 5.16 Å². The first kappa shape index (κ1) is 14.6. The molecule has 1 aliphatic rings. The van der Waals surface area contributed by atoms with Crippen LogP contribution in [0.25, 0.3) is 11.3 Å². The van der Waals surface area contributed by atoms with E-state index in [1.54, 1.807) is 6.20 Å². The zero-order valence-corrected chi connectivity index (χ0v) is 12.9. The monoisotopic (exact) mass is 316 g/mol. The van der Waals surface area contributed by atoms with Gasteiger partial charge in [0.25, 0.3) is 0 Å². The van der Waals surface area contributed by atoms with Gasteiger partial charge in [0, 0.05) is 23.7 Å². The number of benzene rings is 2. The number of fused-ring (bicyclic) bond motifs is 3. The topological polar surface area (TPSA) is 65.7 Å². The van der Waals surface area contributed by atoms with Gasteiger partial charge in [-0.1, -0.05) is 65.8 Å². The summed E-state index contributed by atoms with van der Waals surface area (Å²) >= 11 is 0. The maximum absolute atomic E-state index is 11.5. The Bertz CT molecular complexity index is 874. The minimum Gasteiger partial charge on any atom is -0.411 e. The third kappa shape index (κ3) is 2.12. The van der Waals surface area contributed by atoms with Crippen molar-refractivity contribution in [1.29, 1.82) is 0 Å². The average molecular weight is 316 g/mol. The number of aromatic nitrogens is 1. The van der Waals surface area contributed by atoms with Gasteiger partial charge in [-0.3, -0.25) is 4.98 Å². The Balaban J connectivity index is 1.85. The Kier molecular flexibility index (Phi) is 3.40. The van der Waals surface area contributed by atoms with Crippen molar-refractivity contribution in [2.75, 3.05) is 0 Å². The summed E-state index contributed by atoms with van der Waals surface area (Å²) in [6.07, 6.45) is 1.89. The molecule has 2 N–H and O–H groups in total. The Labute approximate surface area is 139 Å². The highest BCUT2D eigenvalue weighted by molar-refractivity contribution is 6.01. The van der Waals surface area contributed by atoms with Crippen LogP contribution in [-0.2, 0) is 5.60 Å². The van der Waals surface area contributed by atoms with Crippen molar-refractivity contribution < 1.29 is 10.3 Å². The first-order valence-corrected chi connectivity index (χ1v) is 7.78. The molecule has 1 aromatic heterocycles. The predicted molar refractivity (Wildman–Crippen MR) is 92.1 cm³/mol. The van der Waals surface area contributed by atoms with Crippen LogP contribution in [-0.4, -0.2) is 21.0 Å². The van der Waals surface area contributed by atoms with Crippen LogP contribution in [0.1, 0.15) is 23.1 Å². The lowest BCUT2D eigenvalue weighted by Crippen LogP contribution is -2.28. The van der Waals surface area contributed by atoms with Gasteiger partial charge < -0.3 is 10.3 Å². The molecule has 2 aromatic carbocycles. The van der Waals surface area contributed by atoms with Gasteiger partial charge in [0.2, 0.25) is 0 Å². The van der Waals surface area contributed by atoms with E-state index in [-0.39, 0.29) is 6.42 Å². The smallest absolute Gasteiger partial charge is 0.123 e. The zero-order chi connectivity index (χ0) is 16.6. The molecule has 0 bridgehead atoms. The molecule has 0 spiro atoms. The number of pyridine rings is 1. The molecule has 4 nitrogen and oxygen atoms in total. The molecule has 0 aliphatic heterocycles. The Morgan fingerprint density at radius 3 is 2.42 bits per heavy atom. The van der Waals surface area contributed by atoms with Crippen LogP contribution in [0.3, 0.4) is 0 Å². The molecule has 4 rings (SSSR count). The minimum absolute atomic E-state index is 0.170. The van der Waals surface area contributed by atoms with Crippen molar-refractivity contribution in [3.63, 3.8) is 0 Å². The number of rotatable bonds is 3. The Morgan fingerprint density at radius 1 is 0.917 bits per heavy atom. The first-order chi connectivity index (χ1) is 11.7. The maximum atomic E-state index is 11.5. The highest BCUT2D eigenvalue weighted by Gasteiger charge is 2.43. The lowest BCUT2D eigenvalue weighted by atomic mass is 9.85. The van der Waals surface area contributed by atoms with Crippen molar-refractivity contribution in [1.82, 2.24) is 4.98 Å². The van der Waals surface area contributed by atoms with Crippen molar-refractivity contribution >= 4 is 5.71 Å². The SMILES string of the molecule is O/N=C(/CC1(O)c2ccccc2-c2ncccc21)c1ccccc1. The van der Waals surface area contributed by atoms with Crippen molar-refractivity contribution in [3.05, 3.63) is 89.6 Å². The fourth-order valence-corrected chi connectivity index (χ4v) is 3.41. The summed E-state index contributed by atoms with van der Waals surface area (Å²) in [4.78, 5) is 4.44. The number of aliphatic hydroxyl groups is 1. The predicted octanol–water partition coefficient (Wildman–Crippen LogP) is 3.57. The van der Waals surface area contributed by atoms with Crippen LogP contribution in [0.15, 0.2) is 78.1 Å². The molecule has 1 heterocycles. The standard InChI is InChI=1S/C20H16N2O2/c23-20(13-18(22-24)14-7-2-1-3-8-14)16-10-5-4-9-15(16)19-17(20)11-6-12-21-19/h1-12,23-24H,13H2/b22-18-. The second kappa shape index (κ2) is 5.58. The molecular weight excluding hydrogens is 300 g/mol. The van der Waals surface area contributed by atoms with Crippen LogP contribution in [0.4, 0.5) is 0 Å². The second-order valence-electron chi connectivity index (χ2n) is 5.89. The molecule has 1 aliphatic carbocycles. The quantitative estimate of drug-likeness (QED) is 0.441. The highest BCUT2D eigenvalue weighted by Crippen LogP contribution is 2.48. The first-order valence-electron chi connectivity index (χ1n) is 7.78. The molecule has 0 saturated carbocycles. The van der Waals surface area contributed by atoms with E-state index in [1.807, 2.05) is 66.7 Å². The third-order valence-corrected chi connectivity index (χ3v) is 4.53. The lowest BCUT2D eigenvalue weighted by Gasteiger charge is -2.26. The van der Waals surface area contributed by atoms with Crippen LogP contribution < -0.4 is 0 Å². The number of hydrogen-bond donors (Lipinski definition) is 2. The van der Waals surface area contributed by atoms with E-state index >= 15 is 0 Å². The summed E-state index contributed by atoms with van der Waals surface area (Å²) in [5.74, 6) is 0. The lowest BCUT2D eigenvalue weighted by molar-refractivity contribution is 0.0928. The number of hydrogen-bond acceptors (Lipinski definition) is 4. The minimum atomic E-state index is -1.27. The molecule has 1 atom stereocenters. The molecule has 0 amide bonds. The number of oxime groups is 1. The van der Waals surface area contributed by atoms with Gasteiger partial charge in [0.05, 0.1) is 11.4 Å². The molecule has 3 aromatic rings. The summed E-state index contributed by atoms with van der Waals surface area (Å²) in [6.45, 7) is 0. The molecule has 0 radical (unpaired) electrons. The van der Waals surface area contributed by atoms with Gasteiger partial charge >= 0.3 is 0 Å². The Morgan fingerprint density at radius 2 is 1.62 bits per heavy atom. The average Bonchev–Trinajstić information content (AvgIpc) is 2.91. The largest absolute Gasteiger partial charge is 0.411 e.